The Kier molecular flexibility index (Phi) is 4.55. The highest BCUT2D eigenvalue weighted by molar-refractivity contribution is 5.44. The minimum absolute atomic E-state index is 0.162. The van der Waals surface area contributed by atoms with Crippen molar-refractivity contribution in [1.29, 1.82) is 0 Å². The number of aliphatic hydroxyl groups excluding tert-OH is 1. The van der Waals surface area contributed by atoms with E-state index < -0.39 is 0 Å². The number of ether oxygens (including phenoxy) is 1. The molecule has 0 spiro atoms. The number of aliphatic hydroxyl groups is 1. The summed E-state index contributed by atoms with van der Waals surface area (Å²) in [5, 5.41) is 8.88. The van der Waals surface area contributed by atoms with Crippen molar-refractivity contribution in [2.24, 2.45) is 5.73 Å². The van der Waals surface area contributed by atoms with Crippen LogP contribution < -0.4 is 10.5 Å². The highest BCUT2D eigenvalue weighted by Crippen LogP contribution is 2.28. The Labute approximate surface area is 113 Å². The monoisotopic (exact) mass is 257 g/mol. The van der Waals surface area contributed by atoms with Crippen molar-refractivity contribution in [3.05, 3.63) is 59.2 Å². The predicted molar refractivity (Wildman–Crippen MR) is 76.4 cm³/mol. The van der Waals surface area contributed by atoms with Gasteiger partial charge in [-0.05, 0) is 36.6 Å². The number of nitrogens with two attached hydrogens (primary N) is 1. The number of aryl methyl sites for hydroxylation is 1. The average molecular weight is 257 g/mol. The maximum Gasteiger partial charge on any atom is 0.134 e. The Morgan fingerprint density at radius 1 is 1.11 bits per heavy atom. The first-order valence-electron chi connectivity index (χ1n) is 6.41. The lowest BCUT2D eigenvalue weighted by molar-refractivity contribution is 0.299. The molecule has 0 bridgehead atoms. The van der Waals surface area contributed by atoms with Crippen LogP contribution in [0.2, 0.25) is 0 Å². The number of hydrogen-bond acceptors (Lipinski definition) is 3. The van der Waals surface area contributed by atoms with E-state index in [0.29, 0.717) is 13.0 Å². The smallest absolute Gasteiger partial charge is 0.134 e. The van der Waals surface area contributed by atoms with Gasteiger partial charge >= 0.3 is 0 Å². The zero-order chi connectivity index (χ0) is 13.7. The summed E-state index contributed by atoms with van der Waals surface area (Å²) in [5.41, 5.74) is 8.90. The Hall–Kier alpha value is -1.84. The molecule has 19 heavy (non-hydrogen) atoms. The van der Waals surface area contributed by atoms with Crippen molar-refractivity contribution >= 4 is 0 Å². The van der Waals surface area contributed by atoms with Crippen LogP contribution in [0.15, 0.2) is 42.5 Å². The summed E-state index contributed by atoms with van der Waals surface area (Å²) in [6.45, 7) is 2.63. The SMILES string of the molecule is Cc1cccc(CN)c1Oc1ccc(CCO)cc1. The summed E-state index contributed by atoms with van der Waals surface area (Å²) in [7, 11) is 0. The molecule has 0 heterocycles. The largest absolute Gasteiger partial charge is 0.457 e. The van der Waals surface area contributed by atoms with Gasteiger partial charge in [-0.3, -0.25) is 0 Å². The molecule has 0 fully saturated rings. The molecule has 0 aliphatic heterocycles. The van der Waals surface area contributed by atoms with Crippen molar-refractivity contribution in [2.45, 2.75) is 19.9 Å². The first-order valence-corrected chi connectivity index (χ1v) is 6.41. The molecule has 0 saturated heterocycles. The van der Waals surface area contributed by atoms with Crippen molar-refractivity contribution in [2.75, 3.05) is 6.61 Å². The van der Waals surface area contributed by atoms with Gasteiger partial charge in [0.15, 0.2) is 0 Å². The van der Waals surface area contributed by atoms with Crippen LogP contribution in [-0.2, 0) is 13.0 Å². The Bertz CT molecular complexity index is 535. The van der Waals surface area contributed by atoms with E-state index in [9.17, 15) is 0 Å². The van der Waals surface area contributed by atoms with E-state index in [-0.39, 0.29) is 6.61 Å². The molecule has 0 saturated carbocycles. The molecule has 2 aromatic carbocycles. The van der Waals surface area contributed by atoms with Crippen LogP contribution in [0.4, 0.5) is 0 Å². The highest BCUT2D eigenvalue weighted by atomic mass is 16.5. The fourth-order valence-electron chi connectivity index (χ4n) is 1.99. The molecule has 3 N–H and O–H groups in total. The molecule has 0 radical (unpaired) electrons. The Morgan fingerprint density at radius 2 is 1.84 bits per heavy atom. The lowest BCUT2D eigenvalue weighted by Crippen LogP contribution is -2.01. The molecular weight excluding hydrogens is 238 g/mol. The second kappa shape index (κ2) is 6.36. The van der Waals surface area contributed by atoms with Crippen LogP contribution in [0.25, 0.3) is 0 Å². The number of rotatable bonds is 5. The fourth-order valence-corrected chi connectivity index (χ4v) is 1.99. The summed E-state index contributed by atoms with van der Waals surface area (Å²) >= 11 is 0. The second-order valence-corrected chi connectivity index (χ2v) is 4.49. The van der Waals surface area contributed by atoms with Gasteiger partial charge in [-0.25, -0.2) is 0 Å². The van der Waals surface area contributed by atoms with E-state index >= 15 is 0 Å². The van der Waals surface area contributed by atoms with Gasteiger partial charge in [0.05, 0.1) is 0 Å². The number of para-hydroxylation sites is 1. The molecule has 0 aliphatic rings. The first kappa shape index (κ1) is 13.6. The number of benzene rings is 2. The van der Waals surface area contributed by atoms with Gasteiger partial charge in [-0.2, -0.15) is 0 Å². The van der Waals surface area contributed by atoms with E-state index in [1.54, 1.807) is 0 Å². The zero-order valence-corrected chi connectivity index (χ0v) is 11.1. The average Bonchev–Trinajstić information content (AvgIpc) is 2.43. The van der Waals surface area contributed by atoms with Crippen LogP contribution in [0.1, 0.15) is 16.7 Å². The maximum atomic E-state index is 8.88. The number of hydrogen-bond donors (Lipinski definition) is 2. The molecule has 3 nitrogen and oxygen atoms in total. The van der Waals surface area contributed by atoms with Crippen molar-refractivity contribution in [3.8, 4) is 11.5 Å². The molecule has 0 amide bonds. The molecule has 0 aromatic heterocycles. The van der Waals surface area contributed by atoms with Crippen molar-refractivity contribution in [3.63, 3.8) is 0 Å². The fraction of sp³-hybridized carbons (Fsp3) is 0.250. The van der Waals surface area contributed by atoms with Gasteiger partial charge in [0.25, 0.3) is 0 Å². The molecule has 3 heteroatoms. The van der Waals surface area contributed by atoms with Crippen LogP contribution in [0, 0.1) is 6.92 Å². The van der Waals surface area contributed by atoms with E-state index in [1.807, 2.05) is 49.4 Å². The molecular formula is C16H19NO2. The van der Waals surface area contributed by atoms with Gasteiger partial charge in [0.2, 0.25) is 0 Å². The van der Waals surface area contributed by atoms with E-state index in [2.05, 4.69) is 0 Å². The molecule has 0 unspecified atom stereocenters. The van der Waals surface area contributed by atoms with E-state index in [1.165, 1.54) is 0 Å². The van der Waals surface area contributed by atoms with E-state index in [0.717, 1.165) is 28.2 Å². The molecule has 0 atom stereocenters. The predicted octanol–water partition coefficient (Wildman–Crippen LogP) is 2.78. The van der Waals surface area contributed by atoms with Crippen LogP contribution in [0.3, 0.4) is 0 Å². The van der Waals surface area contributed by atoms with Crippen molar-refractivity contribution in [1.82, 2.24) is 0 Å². The quantitative estimate of drug-likeness (QED) is 0.866. The topological polar surface area (TPSA) is 55.5 Å². The van der Waals surface area contributed by atoms with Crippen molar-refractivity contribution < 1.29 is 9.84 Å². The third kappa shape index (κ3) is 3.34. The van der Waals surface area contributed by atoms with Gasteiger partial charge in [0, 0.05) is 18.7 Å². The van der Waals surface area contributed by atoms with E-state index in [4.69, 9.17) is 15.6 Å². The summed E-state index contributed by atoms with van der Waals surface area (Å²) in [5.74, 6) is 1.62. The minimum Gasteiger partial charge on any atom is -0.457 e. The van der Waals surface area contributed by atoms with Gasteiger partial charge < -0.3 is 15.6 Å². The third-order valence-electron chi connectivity index (χ3n) is 3.06. The van der Waals surface area contributed by atoms with Crippen LogP contribution in [0.5, 0.6) is 11.5 Å². The lowest BCUT2D eigenvalue weighted by Gasteiger charge is -2.13. The first-order chi connectivity index (χ1) is 9.24. The summed E-state index contributed by atoms with van der Waals surface area (Å²) in [6, 6.07) is 13.7. The molecule has 100 valence electrons. The lowest BCUT2D eigenvalue weighted by atomic mass is 10.1. The minimum atomic E-state index is 0.162. The Balaban J connectivity index is 2.21. The maximum absolute atomic E-state index is 8.88. The summed E-state index contributed by atoms with van der Waals surface area (Å²) in [4.78, 5) is 0. The second-order valence-electron chi connectivity index (χ2n) is 4.49. The van der Waals surface area contributed by atoms with Crippen LogP contribution in [-0.4, -0.2) is 11.7 Å². The highest BCUT2D eigenvalue weighted by Gasteiger charge is 2.06. The molecule has 2 aromatic rings. The van der Waals surface area contributed by atoms with Crippen LogP contribution >= 0.6 is 0 Å². The normalized spacial score (nSPS) is 10.5. The van der Waals surface area contributed by atoms with Gasteiger partial charge in [-0.1, -0.05) is 30.3 Å². The van der Waals surface area contributed by atoms with Gasteiger partial charge in [0.1, 0.15) is 11.5 Å². The zero-order valence-electron chi connectivity index (χ0n) is 11.1. The molecule has 0 aliphatic carbocycles. The van der Waals surface area contributed by atoms with Gasteiger partial charge in [-0.15, -0.1) is 0 Å². The molecule has 2 rings (SSSR count). The summed E-state index contributed by atoms with van der Waals surface area (Å²) < 4.78 is 5.92. The third-order valence-corrected chi connectivity index (χ3v) is 3.06. The Morgan fingerprint density at radius 3 is 2.47 bits per heavy atom. The summed E-state index contributed by atoms with van der Waals surface area (Å²) in [6.07, 6.45) is 0.665. The standard InChI is InChI=1S/C16H19NO2/c1-12-3-2-4-14(11-17)16(12)19-15-7-5-13(6-8-15)9-10-18/h2-8,18H,9-11,17H2,1H3.